The van der Waals surface area contributed by atoms with Crippen molar-refractivity contribution in [2.24, 2.45) is 0 Å². The molecule has 0 rings (SSSR count). The number of hydrogen-bond acceptors (Lipinski definition) is 8. The fraction of sp³-hybridized carbons (Fsp3) is 0.595. The summed E-state index contributed by atoms with van der Waals surface area (Å²) in [6, 6.07) is 0. The maximum atomic E-state index is 12.8. The van der Waals surface area contributed by atoms with Gasteiger partial charge in [-0.25, -0.2) is 0 Å². The van der Waals surface area contributed by atoms with Gasteiger partial charge in [0, 0.05) is 12.8 Å². The maximum absolute atomic E-state index is 12.8. The maximum Gasteiger partial charge on any atom is 0.306 e. The van der Waals surface area contributed by atoms with E-state index in [2.05, 4.69) is 184 Å². The second-order valence-corrected chi connectivity index (χ2v) is 23.8. The van der Waals surface area contributed by atoms with Gasteiger partial charge in [-0.3, -0.25) is 14.2 Å². The van der Waals surface area contributed by atoms with Crippen LogP contribution in [0.3, 0.4) is 0 Å². The van der Waals surface area contributed by atoms with Gasteiger partial charge in [-0.1, -0.05) is 261 Å². The molecule has 0 aliphatic rings. The van der Waals surface area contributed by atoms with E-state index < -0.39 is 32.5 Å². The average molecular weight is 1180 g/mol. The highest BCUT2D eigenvalue weighted by Crippen LogP contribution is 2.38. The zero-order valence-corrected chi connectivity index (χ0v) is 54.7. The summed E-state index contributed by atoms with van der Waals surface area (Å²) in [6.45, 7) is 3.95. The van der Waals surface area contributed by atoms with E-state index in [0.717, 1.165) is 128 Å². The number of ether oxygens (including phenoxy) is 2. The van der Waals surface area contributed by atoms with E-state index >= 15 is 0 Å². The molecule has 0 saturated heterocycles. The lowest BCUT2D eigenvalue weighted by Crippen LogP contribution is -2.37. The molecule has 0 radical (unpaired) electrons. The van der Waals surface area contributed by atoms with Crippen molar-refractivity contribution in [1.82, 2.24) is 0 Å². The lowest BCUT2D eigenvalue weighted by atomic mass is 10.0. The SMILES string of the molecule is CC/C=C\C/C=C\C/C=C\C/C=C\C/C=C\C/C=C\C/C=C\C/C=C\C/C=C\CCCCCC(=O)OC(COC(=O)CCCCCCCCCCCCCCC/C=C\C/C=C\C/C=C\C/C=C\C/C=C\CC)COP(=O)([O-])OCC[N+](C)(C)C. The van der Waals surface area contributed by atoms with Crippen molar-refractivity contribution in [2.75, 3.05) is 47.5 Å². The molecule has 10 heteroatoms. The Morgan fingerprint density at radius 3 is 0.964 bits per heavy atom. The molecule has 0 fully saturated rings. The number of carbonyl (C=O) groups excluding carboxylic acids is 2. The fourth-order valence-corrected chi connectivity index (χ4v) is 8.99. The van der Waals surface area contributed by atoms with Crippen LogP contribution in [0.5, 0.6) is 0 Å². The number of esters is 2. The Morgan fingerprint density at radius 1 is 0.369 bits per heavy atom. The zero-order valence-electron chi connectivity index (χ0n) is 53.8. The van der Waals surface area contributed by atoms with Gasteiger partial charge < -0.3 is 27.9 Å². The lowest BCUT2D eigenvalue weighted by molar-refractivity contribution is -0.870. The van der Waals surface area contributed by atoms with Gasteiger partial charge in [0.05, 0.1) is 27.7 Å². The number of unbranched alkanes of at least 4 members (excludes halogenated alkanes) is 16. The molecule has 0 aliphatic heterocycles. The van der Waals surface area contributed by atoms with Crippen LogP contribution >= 0.6 is 7.82 Å². The van der Waals surface area contributed by atoms with Crippen molar-refractivity contribution >= 4 is 19.8 Å². The summed E-state index contributed by atoms with van der Waals surface area (Å²) in [6.07, 6.45) is 95.6. The Balaban J connectivity index is 4.23. The van der Waals surface area contributed by atoms with Crippen molar-refractivity contribution in [3.63, 3.8) is 0 Å². The number of hydrogen-bond donors (Lipinski definition) is 0. The number of quaternary nitrogens is 1. The molecular weight excluding hydrogens is 1060 g/mol. The Bertz CT molecular complexity index is 2020. The van der Waals surface area contributed by atoms with E-state index in [1.807, 2.05) is 21.1 Å². The minimum atomic E-state index is -4.66. The summed E-state index contributed by atoms with van der Waals surface area (Å²) in [5.41, 5.74) is 0. The third kappa shape index (κ3) is 66.5. The minimum absolute atomic E-state index is 0.0473. The third-order valence-electron chi connectivity index (χ3n) is 13.2. The van der Waals surface area contributed by atoms with Gasteiger partial charge >= 0.3 is 11.9 Å². The Labute approximate surface area is 515 Å². The Morgan fingerprint density at radius 2 is 0.643 bits per heavy atom. The normalized spacial score (nSPS) is 14.3. The number of rotatable bonds is 58. The molecule has 0 heterocycles. The number of carbonyl (C=O) groups is 2. The van der Waals surface area contributed by atoms with Gasteiger partial charge in [0.25, 0.3) is 7.82 Å². The van der Waals surface area contributed by atoms with Gasteiger partial charge in [0.15, 0.2) is 6.10 Å². The van der Waals surface area contributed by atoms with Crippen LogP contribution in [0.1, 0.15) is 232 Å². The van der Waals surface area contributed by atoms with Crippen LogP contribution < -0.4 is 4.89 Å². The van der Waals surface area contributed by atoms with Crippen LogP contribution in [-0.2, 0) is 32.7 Å². The first kappa shape index (κ1) is 79.4. The van der Waals surface area contributed by atoms with Gasteiger partial charge in [0.2, 0.25) is 0 Å². The third-order valence-corrected chi connectivity index (χ3v) is 14.2. The molecular formula is C74H120NO8P. The van der Waals surface area contributed by atoms with Crippen molar-refractivity contribution in [3.05, 3.63) is 170 Å². The molecule has 0 aromatic heterocycles. The van der Waals surface area contributed by atoms with Gasteiger partial charge in [-0.2, -0.15) is 0 Å². The van der Waals surface area contributed by atoms with Crippen LogP contribution in [0.2, 0.25) is 0 Å². The molecule has 0 spiro atoms. The Hall–Kier alpha value is -4.63. The summed E-state index contributed by atoms with van der Waals surface area (Å²) >= 11 is 0. The molecule has 0 aliphatic carbocycles. The fourth-order valence-electron chi connectivity index (χ4n) is 8.26. The number of likely N-dealkylation sites (N-methyl/N-ethyl adjacent to an activating group) is 1. The first-order valence-corrected chi connectivity index (χ1v) is 34.3. The van der Waals surface area contributed by atoms with Crippen molar-refractivity contribution in [3.8, 4) is 0 Å². The molecule has 2 atom stereocenters. The molecule has 0 bridgehead atoms. The molecule has 474 valence electrons. The van der Waals surface area contributed by atoms with Crippen LogP contribution in [-0.4, -0.2) is 70.0 Å². The summed E-state index contributed by atoms with van der Waals surface area (Å²) in [5, 5.41) is 0. The molecule has 84 heavy (non-hydrogen) atoms. The summed E-state index contributed by atoms with van der Waals surface area (Å²) in [5.74, 6) is -0.884. The smallest absolute Gasteiger partial charge is 0.306 e. The molecule has 0 aromatic rings. The van der Waals surface area contributed by atoms with Gasteiger partial charge in [-0.05, 0) is 128 Å². The Kier molecular flexibility index (Phi) is 59.4. The predicted octanol–water partition coefficient (Wildman–Crippen LogP) is 20.7. The highest BCUT2D eigenvalue weighted by molar-refractivity contribution is 7.45. The van der Waals surface area contributed by atoms with Gasteiger partial charge in [0.1, 0.15) is 19.8 Å². The predicted molar refractivity (Wildman–Crippen MR) is 360 cm³/mol. The van der Waals surface area contributed by atoms with Crippen molar-refractivity contribution < 1.29 is 42.1 Å². The molecule has 0 saturated carbocycles. The van der Waals surface area contributed by atoms with E-state index in [1.54, 1.807) is 0 Å². The number of allylic oxidation sites excluding steroid dienone is 28. The lowest BCUT2D eigenvalue weighted by Gasteiger charge is -2.28. The van der Waals surface area contributed by atoms with E-state index in [1.165, 1.54) is 64.2 Å². The molecule has 2 unspecified atom stereocenters. The topological polar surface area (TPSA) is 111 Å². The molecule has 0 aromatic carbocycles. The van der Waals surface area contributed by atoms with Gasteiger partial charge in [-0.15, -0.1) is 0 Å². The highest BCUT2D eigenvalue weighted by Gasteiger charge is 2.22. The second kappa shape index (κ2) is 62.9. The number of phosphoric acid groups is 1. The van der Waals surface area contributed by atoms with Crippen LogP contribution in [0.4, 0.5) is 0 Å². The van der Waals surface area contributed by atoms with E-state index in [-0.39, 0.29) is 26.1 Å². The van der Waals surface area contributed by atoms with Crippen LogP contribution in [0.15, 0.2) is 170 Å². The first-order chi connectivity index (χ1) is 41.0. The van der Waals surface area contributed by atoms with Crippen molar-refractivity contribution in [1.29, 1.82) is 0 Å². The standard InChI is InChI=1S/C74H120NO8P/c1-6-8-10-12-14-16-18-20-22-24-26-28-30-32-34-36-37-39-41-43-45-47-49-51-53-55-57-59-61-63-65-67-74(77)83-72(71-82-84(78,79)81-69-68-75(3,4)5)70-80-73(76)66-64-62-60-58-56-54-52-50-48-46-44-42-40-38-35-33-31-29-27-25-23-21-19-17-15-13-11-9-7-2/h8-11,14-17,20-23,26-29,32-35,37,39,43,45,49,51,55,57,72H,6-7,12-13,18-19,24-25,30-31,36,38,40-42,44,46-48,50,52-54,56,58-71H2,1-5H3/b10-8-,11-9-,16-14-,17-15-,22-20-,23-21-,28-26-,29-27-,34-32-,35-33-,39-37-,45-43-,51-49-,57-55-. The van der Waals surface area contributed by atoms with Crippen LogP contribution in [0, 0.1) is 0 Å². The first-order valence-electron chi connectivity index (χ1n) is 32.8. The number of nitrogens with zero attached hydrogens (tertiary/aromatic N) is 1. The summed E-state index contributed by atoms with van der Waals surface area (Å²) < 4.78 is 34.2. The second-order valence-electron chi connectivity index (χ2n) is 22.4. The monoisotopic (exact) mass is 1180 g/mol. The molecule has 9 nitrogen and oxygen atoms in total. The summed E-state index contributed by atoms with van der Waals surface area (Å²) in [4.78, 5) is 38.0. The quantitative estimate of drug-likeness (QED) is 0.0195. The van der Waals surface area contributed by atoms with E-state index in [9.17, 15) is 19.0 Å². The highest BCUT2D eigenvalue weighted by atomic mass is 31.2. The average Bonchev–Trinajstić information content (AvgIpc) is 3.61. The van der Waals surface area contributed by atoms with E-state index in [4.69, 9.17) is 18.5 Å². The van der Waals surface area contributed by atoms with Crippen LogP contribution in [0.25, 0.3) is 0 Å². The zero-order chi connectivity index (χ0) is 61.2. The van der Waals surface area contributed by atoms with Crippen molar-refractivity contribution in [2.45, 2.75) is 238 Å². The molecule has 0 amide bonds. The number of phosphoric ester groups is 1. The largest absolute Gasteiger partial charge is 0.756 e. The molecule has 0 N–H and O–H groups in total. The minimum Gasteiger partial charge on any atom is -0.756 e. The van der Waals surface area contributed by atoms with E-state index in [0.29, 0.717) is 23.9 Å². The summed E-state index contributed by atoms with van der Waals surface area (Å²) in [7, 11) is 1.12.